The van der Waals surface area contributed by atoms with Crippen LogP contribution in [-0.4, -0.2) is 10.7 Å². The minimum atomic E-state index is 1.02. The molecule has 0 amide bonds. The molecule has 0 unspecified atom stereocenters. The van der Waals surface area contributed by atoms with Crippen LogP contribution in [0.15, 0.2) is 17.4 Å². The summed E-state index contributed by atoms with van der Waals surface area (Å²) in [5, 5.41) is 3.76. The molecule has 0 aromatic carbocycles. The summed E-state index contributed by atoms with van der Waals surface area (Å²) in [6, 6.07) is 2.04. The Labute approximate surface area is 65.3 Å². The van der Waals surface area contributed by atoms with Gasteiger partial charge in [0, 0.05) is 17.5 Å². The van der Waals surface area contributed by atoms with Crippen molar-refractivity contribution < 1.29 is 0 Å². The topological polar surface area (TPSA) is 54.2 Å². The summed E-state index contributed by atoms with van der Waals surface area (Å²) < 4.78 is 0. The van der Waals surface area contributed by atoms with E-state index in [1.54, 1.807) is 0 Å². The van der Waals surface area contributed by atoms with Crippen molar-refractivity contribution in [3.8, 4) is 0 Å². The van der Waals surface area contributed by atoms with E-state index in [0.29, 0.717) is 0 Å². The molecule has 0 bridgehead atoms. The van der Waals surface area contributed by atoms with Crippen molar-refractivity contribution in [2.75, 3.05) is 0 Å². The maximum Gasteiger partial charge on any atom is 0.0690 e. The third-order valence-corrected chi connectivity index (χ3v) is 2.14. The van der Waals surface area contributed by atoms with Gasteiger partial charge in [-0.05, 0) is 25.3 Å². The Hall–Kier alpha value is -1.25. The molecule has 0 radical (unpaired) electrons. The molecule has 2 rings (SSSR count). The molecule has 0 atom stereocenters. The van der Waals surface area contributed by atoms with E-state index in [4.69, 9.17) is 5.84 Å². The van der Waals surface area contributed by atoms with Crippen LogP contribution in [0, 0.1) is 0 Å². The number of aromatic amines is 1. The summed E-state index contributed by atoms with van der Waals surface area (Å²) in [5.41, 5.74) is 3.52. The van der Waals surface area contributed by atoms with Crippen molar-refractivity contribution in [1.82, 2.24) is 4.98 Å². The molecule has 0 spiro atoms. The van der Waals surface area contributed by atoms with Crippen LogP contribution in [0.3, 0.4) is 0 Å². The van der Waals surface area contributed by atoms with Gasteiger partial charge in [-0.1, -0.05) is 0 Å². The first-order valence-corrected chi connectivity index (χ1v) is 3.85. The first-order valence-electron chi connectivity index (χ1n) is 3.85. The second-order valence-corrected chi connectivity index (χ2v) is 2.80. The Kier molecular flexibility index (Phi) is 1.42. The Morgan fingerprint density at radius 1 is 1.45 bits per heavy atom. The standard InChI is InChI=1S/C8H11N3/c9-11-8-3-1-2-7-6(8)4-5-10-7/h4-5,10H,1-3,9H2/b11-8+. The van der Waals surface area contributed by atoms with Crippen molar-refractivity contribution in [2.24, 2.45) is 10.9 Å². The quantitative estimate of drug-likeness (QED) is 0.420. The highest BCUT2D eigenvalue weighted by atomic mass is 15.1. The summed E-state index contributed by atoms with van der Waals surface area (Å²) >= 11 is 0. The molecule has 1 aliphatic carbocycles. The average Bonchev–Trinajstić information content (AvgIpc) is 2.50. The van der Waals surface area contributed by atoms with E-state index in [1.807, 2.05) is 12.3 Å². The Balaban J connectivity index is 2.48. The van der Waals surface area contributed by atoms with E-state index in [9.17, 15) is 0 Å². The van der Waals surface area contributed by atoms with Crippen LogP contribution in [0.2, 0.25) is 0 Å². The largest absolute Gasteiger partial charge is 0.364 e. The van der Waals surface area contributed by atoms with E-state index in [1.165, 1.54) is 11.3 Å². The molecule has 0 fully saturated rings. The lowest BCUT2D eigenvalue weighted by molar-refractivity contribution is 0.816. The van der Waals surface area contributed by atoms with E-state index in [2.05, 4.69) is 10.1 Å². The van der Waals surface area contributed by atoms with Crippen molar-refractivity contribution in [3.05, 3.63) is 23.5 Å². The molecule has 1 aromatic rings. The van der Waals surface area contributed by atoms with Crippen LogP contribution >= 0.6 is 0 Å². The molecule has 0 saturated carbocycles. The lowest BCUT2D eigenvalue weighted by Gasteiger charge is -2.11. The number of hydrogen-bond donors (Lipinski definition) is 2. The molecule has 1 heterocycles. The second-order valence-electron chi connectivity index (χ2n) is 2.80. The van der Waals surface area contributed by atoms with Crippen molar-refractivity contribution in [3.63, 3.8) is 0 Å². The molecule has 1 aliphatic rings. The molecule has 3 heteroatoms. The zero-order valence-electron chi connectivity index (χ0n) is 6.30. The number of hydrazone groups is 1. The highest BCUT2D eigenvalue weighted by molar-refractivity contribution is 6.02. The average molecular weight is 149 g/mol. The SMILES string of the molecule is N/N=C1\CCCc2[nH]ccc21. The smallest absolute Gasteiger partial charge is 0.0690 e. The third kappa shape index (κ3) is 0.926. The van der Waals surface area contributed by atoms with Crippen molar-refractivity contribution in [2.45, 2.75) is 19.3 Å². The van der Waals surface area contributed by atoms with Gasteiger partial charge in [0.2, 0.25) is 0 Å². The normalized spacial score (nSPS) is 20.2. The van der Waals surface area contributed by atoms with Crippen LogP contribution in [0.4, 0.5) is 0 Å². The molecule has 58 valence electrons. The Bertz CT molecular complexity index is 285. The van der Waals surface area contributed by atoms with E-state index < -0.39 is 0 Å². The number of H-pyrrole nitrogens is 1. The zero-order chi connectivity index (χ0) is 7.68. The summed E-state index contributed by atoms with van der Waals surface area (Å²) in [6.45, 7) is 0. The van der Waals surface area contributed by atoms with Gasteiger partial charge >= 0.3 is 0 Å². The number of nitrogens with zero attached hydrogens (tertiary/aromatic N) is 1. The van der Waals surface area contributed by atoms with Gasteiger partial charge in [-0.3, -0.25) is 0 Å². The number of aryl methyl sites for hydroxylation is 1. The molecule has 3 nitrogen and oxygen atoms in total. The molecule has 3 N–H and O–H groups in total. The fraction of sp³-hybridized carbons (Fsp3) is 0.375. The van der Waals surface area contributed by atoms with Gasteiger partial charge in [0.15, 0.2) is 0 Å². The third-order valence-electron chi connectivity index (χ3n) is 2.14. The van der Waals surface area contributed by atoms with Gasteiger partial charge in [0.05, 0.1) is 5.71 Å². The molecule has 11 heavy (non-hydrogen) atoms. The highest BCUT2D eigenvalue weighted by Crippen LogP contribution is 2.19. The molecular weight excluding hydrogens is 138 g/mol. The fourth-order valence-corrected chi connectivity index (χ4v) is 1.58. The molecule has 0 saturated heterocycles. The minimum absolute atomic E-state index is 1.02. The Morgan fingerprint density at radius 3 is 3.18 bits per heavy atom. The molecule has 0 aliphatic heterocycles. The predicted molar refractivity (Wildman–Crippen MR) is 44.5 cm³/mol. The van der Waals surface area contributed by atoms with E-state index in [-0.39, 0.29) is 0 Å². The lowest BCUT2D eigenvalue weighted by Crippen LogP contribution is -2.12. The monoisotopic (exact) mass is 149 g/mol. The van der Waals surface area contributed by atoms with Gasteiger partial charge in [0.25, 0.3) is 0 Å². The first kappa shape index (κ1) is 6.46. The van der Waals surface area contributed by atoms with Gasteiger partial charge in [-0.15, -0.1) is 0 Å². The van der Waals surface area contributed by atoms with Crippen LogP contribution < -0.4 is 5.84 Å². The van der Waals surface area contributed by atoms with Gasteiger partial charge < -0.3 is 10.8 Å². The maximum atomic E-state index is 5.25. The maximum absolute atomic E-state index is 5.25. The van der Waals surface area contributed by atoms with Crippen LogP contribution in [0.1, 0.15) is 24.1 Å². The van der Waals surface area contributed by atoms with E-state index in [0.717, 1.165) is 25.0 Å². The van der Waals surface area contributed by atoms with Gasteiger partial charge in [-0.25, -0.2) is 0 Å². The number of hydrogen-bond acceptors (Lipinski definition) is 2. The van der Waals surface area contributed by atoms with Crippen LogP contribution in [-0.2, 0) is 6.42 Å². The number of nitrogens with two attached hydrogens (primary N) is 1. The summed E-state index contributed by atoms with van der Waals surface area (Å²) in [5.74, 6) is 5.25. The van der Waals surface area contributed by atoms with Gasteiger partial charge in [0.1, 0.15) is 0 Å². The lowest BCUT2D eigenvalue weighted by atomic mass is 9.96. The van der Waals surface area contributed by atoms with E-state index >= 15 is 0 Å². The van der Waals surface area contributed by atoms with Crippen molar-refractivity contribution in [1.29, 1.82) is 0 Å². The van der Waals surface area contributed by atoms with Crippen LogP contribution in [0.25, 0.3) is 0 Å². The molecular formula is C8H11N3. The molecule has 1 aromatic heterocycles. The summed E-state index contributed by atoms with van der Waals surface area (Å²) in [6.07, 6.45) is 5.24. The summed E-state index contributed by atoms with van der Waals surface area (Å²) in [4.78, 5) is 3.19. The number of aromatic nitrogens is 1. The number of nitrogens with one attached hydrogen (secondary N) is 1. The Morgan fingerprint density at radius 2 is 2.36 bits per heavy atom. The highest BCUT2D eigenvalue weighted by Gasteiger charge is 2.15. The van der Waals surface area contributed by atoms with Crippen LogP contribution in [0.5, 0.6) is 0 Å². The summed E-state index contributed by atoms with van der Waals surface area (Å²) in [7, 11) is 0. The fourth-order valence-electron chi connectivity index (χ4n) is 1.58. The predicted octanol–water partition coefficient (Wildman–Crippen LogP) is 1.01. The van der Waals surface area contributed by atoms with Crippen molar-refractivity contribution >= 4 is 5.71 Å². The zero-order valence-corrected chi connectivity index (χ0v) is 6.30. The number of rotatable bonds is 0. The second kappa shape index (κ2) is 2.42. The minimum Gasteiger partial charge on any atom is -0.364 e. The first-order chi connectivity index (χ1) is 5.42. The number of fused-ring (bicyclic) bond motifs is 1. The van der Waals surface area contributed by atoms with Gasteiger partial charge in [-0.2, -0.15) is 5.10 Å².